The number of primary amides is 1. The molecular formula is C16H14LiN5O4. The van der Waals surface area contributed by atoms with Gasteiger partial charge < -0.3 is 17.0 Å². The number of nitrogens with two attached hydrogens (primary N) is 1. The normalized spacial score (nSPS) is 10.0. The van der Waals surface area contributed by atoms with E-state index in [2.05, 4.69) is 15.1 Å². The molecule has 0 radical (unpaired) electrons. The number of amides is 1. The van der Waals surface area contributed by atoms with Gasteiger partial charge >= 0.3 is 24.8 Å². The Morgan fingerprint density at radius 1 is 1.23 bits per heavy atom. The summed E-state index contributed by atoms with van der Waals surface area (Å²) in [6.07, 6.45) is 2.90. The van der Waals surface area contributed by atoms with Crippen LogP contribution in [0.25, 0.3) is 17.1 Å². The van der Waals surface area contributed by atoms with Crippen LogP contribution in [0, 0.1) is 0 Å². The van der Waals surface area contributed by atoms with Gasteiger partial charge in [-0.15, -0.1) is 0 Å². The molecule has 0 aliphatic carbocycles. The average molecular weight is 347 g/mol. The maximum absolute atomic E-state index is 11.4. The van der Waals surface area contributed by atoms with Crippen molar-refractivity contribution in [3.8, 4) is 23.0 Å². The number of pyridine rings is 2. The molecule has 3 N–H and O–H groups in total. The van der Waals surface area contributed by atoms with Gasteiger partial charge in [0.25, 0.3) is 0 Å². The Bertz CT molecular complexity index is 962. The van der Waals surface area contributed by atoms with Crippen LogP contribution in [-0.4, -0.2) is 43.8 Å². The molecule has 0 saturated heterocycles. The number of rotatable bonds is 5. The number of carboxylic acids is 1. The summed E-state index contributed by atoms with van der Waals surface area (Å²) in [5.41, 5.74) is 6.62. The van der Waals surface area contributed by atoms with E-state index in [0.717, 1.165) is 0 Å². The molecule has 3 aromatic heterocycles. The second-order valence-corrected chi connectivity index (χ2v) is 4.98. The fraction of sp³-hybridized carbons (Fsp3) is 0.0625. The fourth-order valence-corrected chi connectivity index (χ4v) is 2.21. The largest absolute Gasteiger partial charge is 1.00 e. The van der Waals surface area contributed by atoms with Crippen molar-refractivity contribution in [2.75, 3.05) is 7.11 Å². The Hall–Kier alpha value is -3.15. The first kappa shape index (κ1) is 19.2. The zero-order valence-corrected chi connectivity index (χ0v) is 14.1. The quantitative estimate of drug-likeness (QED) is 0.523. The first-order chi connectivity index (χ1) is 12.0. The van der Waals surface area contributed by atoms with Gasteiger partial charge in [0.15, 0.2) is 5.69 Å². The van der Waals surface area contributed by atoms with Gasteiger partial charge in [0.2, 0.25) is 11.8 Å². The summed E-state index contributed by atoms with van der Waals surface area (Å²) >= 11 is 0. The van der Waals surface area contributed by atoms with E-state index in [4.69, 9.17) is 10.5 Å². The number of hydrogen-bond donors (Lipinski definition) is 2. The fourth-order valence-electron chi connectivity index (χ4n) is 2.21. The smallest absolute Gasteiger partial charge is 1.00 e. The van der Waals surface area contributed by atoms with E-state index in [1.807, 2.05) is 0 Å². The van der Waals surface area contributed by atoms with Gasteiger partial charge in [-0.05, 0) is 18.2 Å². The number of aromatic carboxylic acids is 1. The molecule has 0 aliphatic rings. The van der Waals surface area contributed by atoms with Crippen LogP contribution in [-0.2, 0) is 0 Å². The minimum atomic E-state index is -1.19. The molecule has 10 heteroatoms. The van der Waals surface area contributed by atoms with E-state index in [1.165, 1.54) is 42.4 Å². The molecule has 0 unspecified atom stereocenters. The van der Waals surface area contributed by atoms with Gasteiger partial charge in [-0.3, -0.25) is 9.78 Å². The van der Waals surface area contributed by atoms with Crippen LogP contribution in [0.5, 0.6) is 5.88 Å². The van der Waals surface area contributed by atoms with Gasteiger partial charge in [0, 0.05) is 23.9 Å². The second kappa shape index (κ2) is 7.82. The van der Waals surface area contributed by atoms with Gasteiger partial charge in [-0.25, -0.2) is 14.5 Å². The number of carbonyl (C=O) groups excluding carboxylic acids is 1. The van der Waals surface area contributed by atoms with Gasteiger partial charge in [0.05, 0.1) is 30.4 Å². The third-order valence-corrected chi connectivity index (χ3v) is 3.41. The van der Waals surface area contributed by atoms with Crippen molar-refractivity contribution in [1.82, 2.24) is 19.7 Å². The molecular weight excluding hydrogens is 333 g/mol. The number of ether oxygens (including phenoxy) is 1. The second-order valence-electron chi connectivity index (χ2n) is 4.98. The van der Waals surface area contributed by atoms with Gasteiger partial charge in [-0.1, -0.05) is 0 Å². The summed E-state index contributed by atoms with van der Waals surface area (Å²) in [5.74, 6) is -1.39. The maximum Gasteiger partial charge on any atom is 1.00 e. The van der Waals surface area contributed by atoms with Crippen LogP contribution in [0.3, 0.4) is 0 Å². The zero-order valence-electron chi connectivity index (χ0n) is 15.1. The SMILES string of the molecule is COc1ccc(-n2nc(C(=O)O)cc2-c2cc(C(N)=O)ccn2)cn1.[H-].[Li+]. The summed E-state index contributed by atoms with van der Waals surface area (Å²) < 4.78 is 6.38. The first-order valence-electron chi connectivity index (χ1n) is 7.09. The zero-order chi connectivity index (χ0) is 18.0. The van der Waals surface area contributed by atoms with E-state index in [0.29, 0.717) is 23.0 Å². The Labute approximate surface area is 161 Å². The topological polar surface area (TPSA) is 133 Å². The third kappa shape index (κ3) is 3.74. The third-order valence-electron chi connectivity index (χ3n) is 3.41. The van der Waals surface area contributed by atoms with Gasteiger partial charge in [0.1, 0.15) is 0 Å². The molecule has 0 aromatic carbocycles. The number of methoxy groups -OCH3 is 1. The van der Waals surface area contributed by atoms with Crippen LogP contribution < -0.4 is 29.3 Å². The Morgan fingerprint density at radius 2 is 2.00 bits per heavy atom. The monoisotopic (exact) mass is 347 g/mol. The Balaban J connectivity index is 0.00000182. The van der Waals surface area contributed by atoms with Crippen LogP contribution in [0.2, 0.25) is 0 Å². The predicted octanol–water partition coefficient (Wildman–Crippen LogP) is -1.75. The molecule has 0 spiro atoms. The minimum absolute atomic E-state index is 0. The molecule has 26 heavy (non-hydrogen) atoms. The molecule has 0 fully saturated rings. The van der Waals surface area contributed by atoms with Crippen molar-refractivity contribution in [2.24, 2.45) is 5.73 Å². The number of aromatic nitrogens is 4. The van der Waals surface area contributed by atoms with Crippen LogP contribution in [0.15, 0.2) is 42.7 Å². The summed E-state index contributed by atoms with van der Waals surface area (Å²) in [4.78, 5) is 30.9. The molecule has 3 rings (SSSR count). The van der Waals surface area contributed by atoms with Crippen molar-refractivity contribution < 1.29 is 39.7 Å². The van der Waals surface area contributed by atoms with Crippen molar-refractivity contribution in [2.45, 2.75) is 0 Å². The van der Waals surface area contributed by atoms with Gasteiger partial charge in [-0.2, -0.15) is 5.10 Å². The number of carboxylic acid groups (broad SMARTS) is 1. The molecule has 0 aliphatic heterocycles. The Morgan fingerprint density at radius 3 is 2.58 bits per heavy atom. The van der Waals surface area contributed by atoms with E-state index >= 15 is 0 Å². The molecule has 0 saturated carbocycles. The molecule has 0 atom stereocenters. The Kier molecular flexibility index (Phi) is 5.77. The van der Waals surface area contributed by atoms with E-state index < -0.39 is 11.9 Å². The number of carbonyl (C=O) groups is 2. The van der Waals surface area contributed by atoms with Crippen molar-refractivity contribution >= 4 is 11.9 Å². The predicted molar refractivity (Wildman–Crippen MR) is 87.7 cm³/mol. The van der Waals surface area contributed by atoms with Crippen molar-refractivity contribution in [3.63, 3.8) is 0 Å². The standard InChI is InChI=1S/C16H13N5O4.Li.H/c1-25-14-3-2-10(8-19-14)21-13(7-12(20-21)16(23)24)11-6-9(15(17)22)4-5-18-11;;/h2-8H,1H3,(H2,17,22)(H,23,24);;/q;+1;-1. The molecule has 9 nitrogen and oxygen atoms in total. The first-order valence-corrected chi connectivity index (χ1v) is 7.09. The number of hydrogen-bond acceptors (Lipinski definition) is 6. The number of nitrogens with zero attached hydrogens (tertiary/aromatic N) is 4. The minimum Gasteiger partial charge on any atom is -1.00 e. The maximum atomic E-state index is 11.4. The molecule has 3 aromatic rings. The molecule has 128 valence electrons. The van der Waals surface area contributed by atoms with Crippen LogP contribution in [0.1, 0.15) is 22.3 Å². The average Bonchev–Trinajstić information content (AvgIpc) is 3.07. The van der Waals surface area contributed by atoms with Crippen molar-refractivity contribution in [3.05, 3.63) is 54.0 Å². The molecule has 1 amide bonds. The van der Waals surface area contributed by atoms with Crippen LogP contribution >= 0.6 is 0 Å². The summed E-state index contributed by atoms with van der Waals surface area (Å²) in [7, 11) is 1.49. The summed E-state index contributed by atoms with van der Waals surface area (Å²) in [6, 6.07) is 7.60. The molecule has 3 heterocycles. The van der Waals surface area contributed by atoms with Crippen molar-refractivity contribution in [1.29, 1.82) is 0 Å². The van der Waals surface area contributed by atoms with E-state index in [9.17, 15) is 14.7 Å². The van der Waals surface area contributed by atoms with E-state index in [1.54, 1.807) is 12.1 Å². The summed E-state index contributed by atoms with van der Waals surface area (Å²) in [5, 5.41) is 13.3. The van der Waals surface area contributed by atoms with E-state index in [-0.39, 0.29) is 31.5 Å². The molecule has 0 bridgehead atoms. The summed E-state index contributed by atoms with van der Waals surface area (Å²) in [6.45, 7) is 0. The van der Waals surface area contributed by atoms with Crippen LogP contribution in [0.4, 0.5) is 0 Å².